The number of amides is 3. The average Bonchev–Trinajstić information content (AvgIpc) is 3.19. The quantitative estimate of drug-likeness (QED) is 0.584. The van der Waals surface area contributed by atoms with Crippen molar-refractivity contribution in [2.24, 2.45) is 0 Å². The maximum Gasteiger partial charge on any atom is 0.325 e. The second-order valence-electron chi connectivity index (χ2n) is 7.86. The first kappa shape index (κ1) is 22.6. The zero-order chi connectivity index (χ0) is 23.4. The first-order valence-corrected chi connectivity index (χ1v) is 11.5. The molecule has 8 nitrogen and oxygen atoms in total. The molecule has 4 rings (SSSR count). The maximum absolute atomic E-state index is 13.1. The lowest BCUT2D eigenvalue weighted by Gasteiger charge is -2.36. The van der Waals surface area contributed by atoms with Crippen molar-refractivity contribution in [3.63, 3.8) is 0 Å². The third-order valence-electron chi connectivity index (χ3n) is 5.53. The van der Waals surface area contributed by atoms with Crippen molar-refractivity contribution in [2.75, 3.05) is 48.8 Å². The Morgan fingerprint density at radius 2 is 1.61 bits per heavy atom. The van der Waals surface area contributed by atoms with Gasteiger partial charge in [0.15, 0.2) is 5.13 Å². The van der Waals surface area contributed by atoms with Gasteiger partial charge in [-0.15, -0.1) is 0 Å². The van der Waals surface area contributed by atoms with Crippen molar-refractivity contribution in [3.8, 4) is 5.75 Å². The Morgan fingerprint density at radius 1 is 0.939 bits per heavy atom. The summed E-state index contributed by atoms with van der Waals surface area (Å²) in [6.07, 6.45) is 0. The van der Waals surface area contributed by atoms with E-state index < -0.39 is 0 Å². The molecule has 2 heterocycles. The monoisotopic (exact) mass is 465 g/mol. The highest BCUT2D eigenvalue weighted by molar-refractivity contribution is 7.17. The molecule has 172 valence electrons. The maximum atomic E-state index is 13.1. The van der Waals surface area contributed by atoms with Gasteiger partial charge in [0.05, 0.1) is 12.8 Å². The van der Waals surface area contributed by atoms with Crippen molar-refractivity contribution >= 4 is 39.8 Å². The third-order valence-corrected chi connectivity index (χ3v) is 6.59. The van der Waals surface area contributed by atoms with E-state index in [1.165, 1.54) is 11.3 Å². The van der Waals surface area contributed by atoms with E-state index in [-0.39, 0.29) is 11.9 Å². The lowest BCUT2D eigenvalue weighted by atomic mass is 10.2. The molecule has 3 amide bonds. The minimum absolute atomic E-state index is 0.0497. The smallest absolute Gasteiger partial charge is 0.325 e. The Labute approximate surface area is 197 Å². The molecule has 1 aliphatic heterocycles. The Kier molecular flexibility index (Phi) is 6.79. The number of carbonyl (C=O) groups is 2. The van der Waals surface area contributed by atoms with Crippen LogP contribution in [0.25, 0.3) is 0 Å². The van der Waals surface area contributed by atoms with Crippen LogP contribution in [0.4, 0.5) is 21.3 Å². The van der Waals surface area contributed by atoms with Crippen LogP contribution >= 0.6 is 11.3 Å². The molecule has 33 heavy (non-hydrogen) atoms. The minimum atomic E-state index is -0.389. The van der Waals surface area contributed by atoms with Gasteiger partial charge in [-0.05, 0) is 50.2 Å². The van der Waals surface area contributed by atoms with Crippen LogP contribution in [0.2, 0.25) is 0 Å². The van der Waals surface area contributed by atoms with Gasteiger partial charge in [-0.3, -0.25) is 10.1 Å². The fourth-order valence-electron chi connectivity index (χ4n) is 3.65. The van der Waals surface area contributed by atoms with Crippen molar-refractivity contribution in [2.45, 2.75) is 13.8 Å². The number of benzene rings is 2. The van der Waals surface area contributed by atoms with Crippen LogP contribution in [-0.4, -0.2) is 55.1 Å². The number of nitrogens with one attached hydrogen (secondary N) is 2. The zero-order valence-corrected chi connectivity index (χ0v) is 19.7. The fourth-order valence-corrected chi connectivity index (χ4v) is 4.58. The molecule has 0 bridgehead atoms. The van der Waals surface area contributed by atoms with Gasteiger partial charge in [0.1, 0.15) is 10.6 Å². The number of piperazine rings is 1. The van der Waals surface area contributed by atoms with E-state index in [0.717, 1.165) is 30.1 Å². The van der Waals surface area contributed by atoms with E-state index in [1.54, 1.807) is 14.0 Å². The third kappa shape index (κ3) is 5.43. The van der Waals surface area contributed by atoms with Gasteiger partial charge in [0, 0.05) is 37.6 Å². The second-order valence-corrected chi connectivity index (χ2v) is 8.86. The normalized spacial score (nSPS) is 13.5. The van der Waals surface area contributed by atoms with Crippen LogP contribution < -0.4 is 20.3 Å². The number of hydrogen-bond donors (Lipinski definition) is 2. The van der Waals surface area contributed by atoms with Gasteiger partial charge in [-0.1, -0.05) is 29.0 Å². The summed E-state index contributed by atoms with van der Waals surface area (Å²) in [6.45, 7) is 6.53. The van der Waals surface area contributed by atoms with Gasteiger partial charge in [0.2, 0.25) is 0 Å². The van der Waals surface area contributed by atoms with Crippen molar-refractivity contribution in [3.05, 3.63) is 64.7 Å². The molecular formula is C24H27N5O3S. The predicted molar refractivity (Wildman–Crippen MR) is 132 cm³/mol. The van der Waals surface area contributed by atoms with E-state index >= 15 is 0 Å². The SMILES string of the molecule is COc1ccc(N2CCN(C(=O)c3sc(NC(=O)Nc4ccc(C)cc4)nc3C)CC2)cc1. The molecule has 2 aromatic carbocycles. The molecular weight excluding hydrogens is 438 g/mol. The van der Waals surface area contributed by atoms with Gasteiger partial charge >= 0.3 is 6.03 Å². The Hall–Kier alpha value is -3.59. The second kappa shape index (κ2) is 9.91. The molecule has 9 heteroatoms. The number of anilines is 3. The summed E-state index contributed by atoms with van der Waals surface area (Å²) in [5, 5.41) is 5.90. The molecule has 1 aliphatic rings. The molecule has 0 aliphatic carbocycles. The van der Waals surface area contributed by atoms with Crippen molar-refractivity contribution in [1.82, 2.24) is 9.88 Å². The van der Waals surface area contributed by atoms with Crippen molar-refractivity contribution < 1.29 is 14.3 Å². The Morgan fingerprint density at radius 3 is 2.24 bits per heavy atom. The highest BCUT2D eigenvalue weighted by atomic mass is 32.1. The molecule has 0 spiro atoms. The summed E-state index contributed by atoms with van der Waals surface area (Å²) >= 11 is 1.20. The van der Waals surface area contributed by atoms with E-state index in [1.807, 2.05) is 60.4 Å². The number of nitrogens with zero attached hydrogens (tertiary/aromatic N) is 3. The van der Waals surface area contributed by atoms with Gasteiger partial charge in [0.25, 0.3) is 5.91 Å². The fraction of sp³-hybridized carbons (Fsp3) is 0.292. The standard InChI is InChI=1S/C24H27N5O3S/c1-16-4-6-18(7-5-16)26-23(31)27-24-25-17(2)21(33-24)22(30)29-14-12-28(13-15-29)19-8-10-20(32-3)11-9-19/h4-11H,12-15H2,1-3H3,(H2,25,26,27,31). The topological polar surface area (TPSA) is 86.8 Å². The number of carbonyl (C=O) groups excluding carboxylic acids is 2. The van der Waals surface area contributed by atoms with E-state index in [9.17, 15) is 9.59 Å². The van der Waals surface area contributed by atoms with Crippen LogP contribution in [0.3, 0.4) is 0 Å². The molecule has 3 aromatic rings. The van der Waals surface area contributed by atoms with Gasteiger partial charge in [-0.25, -0.2) is 9.78 Å². The number of ether oxygens (including phenoxy) is 1. The van der Waals surface area contributed by atoms with E-state index in [0.29, 0.717) is 34.5 Å². The van der Waals surface area contributed by atoms with E-state index in [2.05, 4.69) is 20.5 Å². The number of thiazole rings is 1. The van der Waals surface area contributed by atoms with Crippen molar-refractivity contribution in [1.29, 1.82) is 0 Å². The summed E-state index contributed by atoms with van der Waals surface area (Å²) in [5.41, 5.74) is 3.54. The number of aromatic nitrogens is 1. The highest BCUT2D eigenvalue weighted by Crippen LogP contribution is 2.26. The van der Waals surface area contributed by atoms with Gasteiger partial charge < -0.3 is 19.9 Å². The average molecular weight is 466 g/mol. The van der Waals surface area contributed by atoms with Crippen LogP contribution in [-0.2, 0) is 0 Å². The molecule has 1 saturated heterocycles. The first-order chi connectivity index (χ1) is 15.9. The van der Waals surface area contributed by atoms with Gasteiger partial charge in [-0.2, -0.15) is 0 Å². The molecule has 1 aromatic heterocycles. The molecule has 0 radical (unpaired) electrons. The summed E-state index contributed by atoms with van der Waals surface area (Å²) in [5.74, 6) is 0.775. The molecule has 0 unspecified atom stereocenters. The predicted octanol–water partition coefficient (Wildman–Crippen LogP) is 4.37. The Balaban J connectivity index is 1.34. The summed E-state index contributed by atoms with van der Waals surface area (Å²) in [4.78, 5) is 34.4. The number of methoxy groups -OCH3 is 1. The molecule has 0 saturated carbocycles. The number of hydrogen-bond acceptors (Lipinski definition) is 6. The van der Waals surface area contributed by atoms with Crippen LogP contribution in [0.5, 0.6) is 5.75 Å². The van der Waals surface area contributed by atoms with E-state index in [4.69, 9.17) is 4.74 Å². The van der Waals surface area contributed by atoms with Crippen LogP contribution in [0.1, 0.15) is 20.9 Å². The zero-order valence-electron chi connectivity index (χ0n) is 18.9. The largest absolute Gasteiger partial charge is 0.497 e. The lowest BCUT2D eigenvalue weighted by molar-refractivity contribution is 0.0750. The molecule has 0 atom stereocenters. The molecule has 2 N–H and O–H groups in total. The summed E-state index contributed by atoms with van der Waals surface area (Å²) in [6, 6.07) is 15.1. The number of rotatable bonds is 5. The number of aryl methyl sites for hydroxylation is 2. The van der Waals surface area contributed by atoms with Crippen LogP contribution in [0.15, 0.2) is 48.5 Å². The van der Waals surface area contributed by atoms with Crippen LogP contribution in [0, 0.1) is 13.8 Å². The summed E-state index contributed by atoms with van der Waals surface area (Å²) in [7, 11) is 1.65. The number of urea groups is 1. The molecule has 1 fully saturated rings. The highest BCUT2D eigenvalue weighted by Gasteiger charge is 2.26. The summed E-state index contributed by atoms with van der Waals surface area (Å²) < 4.78 is 5.22. The first-order valence-electron chi connectivity index (χ1n) is 10.7. The lowest BCUT2D eigenvalue weighted by Crippen LogP contribution is -2.48. The minimum Gasteiger partial charge on any atom is -0.497 e. The Bertz CT molecular complexity index is 1120.